The molecule has 40 heavy (non-hydrogen) atoms. The van der Waals surface area contributed by atoms with Crippen LogP contribution in [0.4, 0.5) is 0 Å². The number of allylic oxidation sites excluding steroid dienone is 4. The predicted octanol–water partition coefficient (Wildman–Crippen LogP) is 10.2. The molecule has 0 aromatic heterocycles. The van der Waals surface area contributed by atoms with Gasteiger partial charge in [0.1, 0.15) is 0 Å². The van der Waals surface area contributed by atoms with Crippen LogP contribution in [0.5, 0.6) is 0 Å². The lowest BCUT2D eigenvalue weighted by molar-refractivity contribution is 0.448. The van der Waals surface area contributed by atoms with Crippen LogP contribution in [0, 0.1) is 39.0 Å². The first-order valence-electron chi connectivity index (χ1n) is 14.9. The summed E-state index contributed by atoms with van der Waals surface area (Å²) in [5, 5.41) is 0. The van der Waals surface area contributed by atoms with Gasteiger partial charge in [0.2, 0.25) is 0 Å². The fourth-order valence-corrected chi connectivity index (χ4v) is 8.21. The van der Waals surface area contributed by atoms with Crippen LogP contribution in [0.25, 0.3) is 16.7 Å². The van der Waals surface area contributed by atoms with Crippen molar-refractivity contribution < 1.29 is 0 Å². The molecule has 0 radical (unpaired) electrons. The highest BCUT2D eigenvalue weighted by molar-refractivity contribution is 5.98. The summed E-state index contributed by atoms with van der Waals surface area (Å²) in [6, 6.07) is 30.5. The van der Waals surface area contributed by atoms with Gasteiger partial charge in [-0.2, -0.15) is 0 Å². The predicted molar refractivity (Wildman–Crippen MR) is 170 cm³/mol. The Bertz CT molecular complexity index is 1720. The fourth-order valence-electron chi connectivity index (χ4n) is 8.21. The van der Waals surface area contributed by atoms with E-state index in [1.807, 2.05) is 0 Å². The first kappa shape index (κ1) is 25.3. The molecule has 200 valence electrons. The second-order valence-corrected chi connectivity index (χ2v) is 13.7. The summed E-state index contributed by atoms with van der Waals surface area (Å²) in [5.41, 5.74) is 21.8. The molecule has 0 nitrogen and oxygen atoms in total. The highest BCUT2D eigenvalue weighted by atomic mass is 14.6. The number of aryl methyl sites for hydroxylation is 4. The van der Waals surface area contributed by atoms with E-state index in [1.165, 1.54) is 61.2 Å². The van der Waals surface area contributed by atoms with E-state index in [0.29, 0.717) is 5.92 Å². The average Bonchev–Trinajstić information content (AvgIpc) is 3.49. The Morgan fingerprint density at radius 1 is 0.675 bits per heavy atom. The lowest BCUT2D eigenvalue weighted by Crippen LogP contribution is -2.43. The van der Waals surface area contributed by atoms with Gasteiger partial charge in [-0.05, 0) is 106 Å². The van der Waals surface area contributed by atoms with Crippen LogP contribution < -0.4 is 0 Å². The van der Waals surface area contributed by atoms with Gasteiger partial charge in [-0.25, -0.2) is 0 Å². The van der Waals surface area contributed by atoms with Gasteiger partial charge in [0.05, 0.1) is 5.41 Å². The zero-order valence-electron chi connectivity index (χ0n) is 25.3. The third-order valence-electron chi connectivity index (χ3n) is 9.86. The van der Waals surface area contributed by atoms with Crippen LogP contribution in [-0.2, 0) is 11.8 Å². The quantitative estimate of drug-likeness (QED) is 0.222. The van der Waals surface area contributed by atoms with Crippen molar-refractivity contribution in [2.75, 3.05) is 0 Å². The number of hydrogen-bond donors (Lipinski definition) is 0. The molecule has 0 N–H and O–H groups in total. The average molecular weight is 521 g/mol. The van der Waals surface area contributed by atoms with Crippen LogP contribution >= 0.6 is 0 Å². The van der Waals surface area contributed by atoms with Crippen molar-refractivity contribution >= 4 is 5.57 Å². The summed E-state index contributed by atoms with van der Waals surface area (Å²) in [4.78, 5) is 0. The highest BCUT2D eigenvalue weighted by Gasteiger charge is 2.62. The normalized spacial score (nSPS) is 18.6. The molecule has 4 aliphatic carbocycles. The summed E-state index contributed by atoms with van der Waals surface area (Å²) in [7, 11) is 0. The molecule has 0 fully saturated rings. The van der Waals surface area contributed by atoms with Crippen LogP contribution in [0.3, 0.4) is 0 Å². The second kappa shape index (κ2) is 8.43. The molecule has 0 amide bonds. The molecule has 1 unspecified atom stereocenters. The lowest BCUT2D eigenvalue weighted by atomic mass is 9.51. The van der Waals surface area contributed by atoms with E-state index in [2.05, 4.69) is 134 Å². The van der Waals surface area contributed by atoms with Crippen LogP contribution in [0.15, 0.2) is 95.6 Å². The van der Waals surface area contributed by atoms with Crippen molar-refractivity contribution in [3.8, 4) is 11.1 Å². The van der Waals surface area contributed by atoms with Crippen LogP contribution in [0.2, 0.25) is 0 Å². The first-order valence-corrected chi connectivity index (χ1v) is 14.9. The molecule has 0 aliphatic heterocycles. The molecule has 0 spiro atoms. The highest BCUT2D eigenvalue weighted by Crippen LogP contribution is 2.72. The summed E-state index contributed by atoms with van der Waals surface area (Å²) < 4.78 is 0. The second-order valence-electron chi connectivity index (χ2n) is 13.7. The maximum Gasteiger partial charge on any atom is 0.0679 e. The fraction of sp³-hybridized carbons (Fsp3) is 0.300. The monoisotopic (exact) mass is 520 g/mol. The van der Waals surface area contributed by atoms with Gasteiger partial charge < -0.3 is 0 Å². The molecule has 8 rings (SSSR count). The zero-order chi connectivity index (χ0) is 28.1. The Balaban J connectivity index is 1.57. The molecular formula is C40H40. The number of hydrogen-bond acceptors (Lipinski definition) is 0. The van der Waals surface area contributed by atoms with Gasteiger partial charge >= 0.3 is 0 Å². The Morgan fingerprint density at radius 3 is 1.80 bits per heavy atom. The van der Waals surface area contributed by atoms with E-state index in [0.717, 1.165) is 6.42 Å². The van der Waals surface area contributed by atoms with E-state index in [9.17, 15) is 0 Å². The molecule has 0 heterocycles. The summed E-state index contributed by atoms with van der Waals surface area (Å²) >= 11 is 0. The van der Waals surface area contributed by atoms with Crippen molar-refractivity contribution in [2.45, 2.75) is 67.2 Å². The maximum absolute atomic E-state index is 2.48. The summed E-state index contributed by atoms with van der Waals surface area (Å²) in [6.45, 7) is 18.7. The van der Waals surface area contributed by atoms with Crippen molar-refractivity contribution in [2.24, 2.45) is 11.3 Å². The lowest BCUT2D eigenvalue weighted by Gasteiger charge is -2.50. The Labute approximate surface area is 240 Å². The van der Waals surface area contributed by atoms with Crippen LogP contribution in [0.1, 0.15) is 77.8 Å². The van der Waals surface area contributed by atoms with Gasteiger partial charge in [0, 0.05) is 5.92 Å². The van der Waals surface area contributed by atoms with Gasteiger partial charge in [-0.1, -0.05) is 123 Å². The topological polar surface area (TPSA) is 0 Å². The number of rotatable bonds is 3. The molecular weight excluding hydrogens is 480 g/mol. The van der Waals surface area contributed by atoms with E-state index >= 15 is 0 Å². The summed E-state index contributed by atoms with van der Waals surface area (Å²) in [5.74, 6) is 0.363. The zero-order valence-corrected chi connectivity index (χ0v) is 25.3. The van der Waals surface area contributed by atoms with E-state index in [4.69, 9.17) is 0 Å². The van der Waals surface area contributed by atoms with E-state index < -0.39 is 0 Å². The molecule has 0 saturated heterocycles. The Kier molecular flexibility index (Phi) is 5.34. The molecule has 4 aliphatic rings. The first-order chi connectivity index (χ1) is 19.0. The Hall–Kier alpha value is -3.64. The number of benzene rings is 4. The number of fused-ring (bicyclic) bond motifs is 4. The summed E-state index contributed by atoms with van der Waals surface area (Å²) in [6.07, 6.45) is 1.02. The largest absolute Gasteiger partial charge is 0.0679 e. The van der Waals surface area contributed by atoms with Crippen molar-refractivity contribution in [1.82, 2.24) is 0 Å². The van der Waals surface area contributed by atoms with Crippen molar-refractivity contribution in [3.05, 3.63) is 146 Å². The molecule has 4 aromatic carbocycles. The Morgan fingerprint density at radius 2 is 1.23 bits per heavy atom. The minimum Gasteiger partial charge on any atom is -0.0590 e. The van der Waals surface area contributed by atoms with Crippen molar-refractivity contribution in [1.29, 1.82) is 0 Å². The third-order valence-corrected chi connectivity index (χ3v) is 9.86. The molecule has 0 heteroatoms. The van der Waals surface area contributed by atoms with Crippen LogP contribution in [-0.4, -0.2) is 0 Å². The minimum absolute atomic E-state index is 0.0749. The van der Waals surface area contributed by atoms with E-state index in [1.54, 1.807) is 22.3 Å². The van der Waals surface area contributed by atoms with Gasteiger partial charge in [-0.15, -0.1) is 0 Å². The molecule has 1 atom stereocenters. The standard InChI is InChI=1S/C40H40/c1-23-9-15-29(16-10-23)40(30-17-11-24(2)12-18-30)36-27(5)35(37(40)38(36)39(6,7)8)34-26(4)14-20-32-31-19-13-25(3)21-28(31)22-33(32)34/h9-21,27H,22H2,1-8H3. The van der Waals surface area contributed by atoms with E-state index in [-0.39, 0.29) is 10.8 Å². The SMILES string of the molecule is Cc1ccc(C2(c3ccc(C)cc3)C3=C(c4c(C)ccc5c4Cc4cc(C)ccc4-5)C(C)C2=C3C(C)(C)C)cc1. The molecule has 4 aromatic rings. The minimum atomic E-state index is -0.198. The van der Waals surface area contributed by atoms with Gasteiger partial charge in [0.15, 0.2) is 0 Å². The smallest absolute Gasteiger partial charge is 0.0590 e. The van der Waals surface area contributed by atoms with Crippen molar-refractivity contribution in [3.63, 3.8) is 0 Å². The molecule has 2 bridgehead atoms. The maximum atomic E-state index is 2.48. The third kappa shape index (κ3) is 3.26. The molecule has 0 saturated carbocycles. The van der Waals surface area contributed by atoms with Gasteiger partial charge in [0.25, 0.3) is 0 Å². The van der Waals surface area contributed by atoms with Gasteiger partial charge in [-0.3, -0.25) is 0 Å².